The molecule has 0 atom stereocenters. The summed E-state index contributed by atoms with van der Waals surface area (Å²) in [5.41, 5.74) is 7.20. The quantitative estimate of drug-likeness (QED) is 0.839. The second kappa shape index (κ2) is 7.55. The molecular weight excluding hydrogens is 283 g/mol. The van der Waals surface area contributed by atoms with Gasteiger partial charge in [-0.05, 0) is 0 Å². The molecule has 0 spiro atoms. The molecule has 0 amide bonds. The third-order valence-electron chi connectivity index (χ3n) is 2.35. The summed E-state index contributed by atoms with van der Waals surface area (Å²) in [6.45, 7) is 0.765. The first kappa shape index (κ1) is 14.3. The maximum atomic E-state index is 3.87. The van der Waals surface area contributed by atoms with Crippen LogP contribution in [0.1, 0.15) is 11.1 Å². The average Bonchev–Trinajstić information content (AvgIpc) is 2.38. The average molecular weight is 297 g/mol. The van der Waals surface area contributed by atoms with E-state index in [0.29, 0.717) is 0 Å². The Morgan fingerprint density at radius 2 is 1.53 bits per heavy atom. The summed E-state index contributed by atoms with van der Waals surface area (Å²) in [6, 6.07) is 22.4. The van der Waals surface area contributed by atoms with Crippen molar-refractivity contribution < 1.29 is 38.4 Å². The molecule has 0 aliphatic carbocycles. The van der Waals surface area contributed by atoms with Gasteiger partial charge in [0.1, 0.15) is 0 Å². The first-order valence-corrected chi connectivity index (χ1v) is 5.35. The van der Waals surface area contributed by atoms with Crippen LogP contribution in [-0.4, -0.2) is 6.54 Å². The molecule has 0 aliphatic rings. The minimum absolute atomic E-state index is 0. The van der Waals surface area contributed by atoms with Crippen LogP contribution in [0.5, 0.6) is 0 Å². The Bertz CT molecular complexity index is 421. The van der Waals surface area contributed by atoms with Crippen molar-refractivity contribution in [2.45, 2.75) is 0 Å². The predicted octanol–water partition coefficient (Wildman–Crippen LogP) is 1.96. The zero-order valence-corrected chi connectivity index (χ0v) is 12.5. The van der Waals surface area contributed by atoms with Crippen molar-refractivity contribution in [1.29, 1.82) is 0 Å². The van der Waals surface area contributed by atoms with Crippen LogP contribution in [0.4, 0.5) is 0 Å². The Morgan fingerprint density at radius 1 is 1.00 bits per heavy atom. The van der Waals surface area contributed by atoms with E-state index in [9.17, 15) is 0 Å². The normalized spacial score (nSPS) is 9.24. The fourth-order valence-electron chi connectivity index (χ4n) is 1.63. The second-order valence-electron chi connectivity index (χ2n) is 3.46. The maximum Gasteiger partial charge on any atom is 0.0850 e. The number of quaternary nitrogens is 1. The van der Waals surface area contributed by atoms with E-state index < -0.39 is 0 Å². The molecule has 0 saturated heterocycles. The van der Waals surface area contributed by atoms with Crippen LogP contribution in [0.3, 0.4) is 0 Å². The number of hydrogen-bond acceptors (Lipinski definition) is 0. The number of benzene rings is 2. The summed E-state index contributed by atoms with van der Waals surface area (Å²) in [7, 11) is 0. The first-order valence-electron chi connectivity index (χ1n) is 5.35. The van der Waals surface area contributed by atoms with Crippen LogP contribution in [-0.2, 0) is 32.7 Å². The van der Waals surface area contributed by atoms with Crippen molar-refractivity contribution in [2.24, 2.45) is 0 Å². The molecule has 0 fully saturated rings. The molecule has 0 aromatic heterocycles. The summed E-state index contributed by atoms with van der Waals surface area (Å²) in [4.78, 5) is 0. The molecule has 2 aromatic rings. The zero-order valence-electron chi connectivity index (χ0n) is 9.69. The van der Waals surface area contributed by atoms with Gasteiger partial charge in [0, 0.05) is 32.7 Å². The van der Waals surface area contributed by atoms with Crippen LogP contribution in [0.25, 0.3) is 5.57 Å². The molecule has 0 unspecified atom stereocenters. The Labute approximate surface area is 128 Å². The third kappa shape index (κ3) is 3.88. The van der Waals surface area contributed by atoms with Gasteiger partial charge in [-0.25, -0.2) is 0 Å². The van der Waals surface area contributed by atoms with Gasteiger partial charge in [0.05, 0.1) is 6.54 Å². The van der Waals surface area contributed by atoms with Gasteiger partial charge in [0.2, 0.25) is 0 Å². The summed E-state index contributed by atoms with van der Waals surface area (Å²) in [5.74, 6) is 0. The zero-order chi connectivity index (χ0) is 11.2. The van der Waals surface area contributed by atoms with Gasteiger partial charge >= 0.3 is 0 Å². The van der Waals surface area contributed by atoms with E-state index in [0.717, 1.165) is 23.2 Å². The Morgan fingerprint density at radius 3 is 1.88 bits per heavy atom. The minimum atomic E-state index is 0. The molecule has 1 radical (unpaired) electrons. The van der Waals surface area contributed by atoms with E-state index in [1.54, 1.807) is 0 Å². The Kier molecular flexibility index (Phi) is 6.35. The van der Waals surface area contributed by atoms with Gasteiger partial charge in [0.15, 0.2) is 0 Å². The van der Waals surface area contributed by atoms with Crippen molar-refractivity contribution in [3.05, 3.63) is 77.9 Å². The summed E-state index contributed by atoms with van der Waals surface area (Å²) >= 11 is 0. The van der Waals surface area contributed by atoms with Crippen LogP contribution in [0.2, 0.25) is 0 Å². The second-order valence-corrected chi connectivity index (χ2v) is 3.46. The van der Waals surface area contributed by atoms with Gasteiger partial charge in [-0.2, -0.15) is 0 Å². The fourth-order valence-corrected chi connectivity index (χ4v) is 1.63. The number of rotatable bonds is 3. The number of hydrogen-bond donors (Lipinski definition) is 1. The van der Waals surface area contributed by atoms with Crippen molar-refractivity contribution in [3.63, 3.8) is 0 Å². The molecule has 0 aliphatic heterocycles. The van der Waals surface area contributed by atoms with E-state index in [1.807, 2.05) is 36.4 Å². The molecule has 0 saturated carbocycles. The standard InChI is InChI=1S/C15H13N.Y/c16-12-11-15(13-7-3-1-4-8-13)14-9-5-2-6-10-14;/h1-7,9,11H,12,16H2;/q-2;/p+1. The topological polar surface area (TPSA) is 27.6 Å². The molecular formula is C15H14NY-. The largest absolute Gasteiger partial charge is 0.355 e. The van der Waals surface area contributed by atoms with Crippen LogP contribution in [0, 0.1) is 12.1 Å². The van der Waals surface area contributed by atoms with E-state index in [2.05, 4.69) is 36.1 Å². The molecule has 1 nitrogen and oxygen atoms in total. The summed E-state index contributed by atoms with van der Waals surface area (Å²) in [5, 5.41) is 0. The van der Waals surface area contributed by atoms with E-state index in [-0.39, 0.29) is 32.7 Å². The summed E-state index contributed by atoms with van der Waals surface area (Å²) in [6.07, 6.45) is 2.11. The molecule has 2 rings (SSSR count). The summed E-state index contributed by atoms with van der Waals surface area (Å²) < 4.78 is 0. The molecule has 2 aromatic carbocycles. The van der Waals surface area contributed by atoms with Crippen LogP contribution < -0.4 is 5.73 Å². The fraction of sp³-hybridized carbons (Fsp3) is 0.0667. The van der Waals surface area contributed by atoms with E-state index in [4.69, 9.17) is 0 Å². The van der Waals surface area contributed by atoms with Gasteiger partial charge in [-0.15, -0.1) is 77.4 Å². The van der Waals surface area contributed by atoms with E-state index >= 15 is 0 Å². The molecule has 83 valence electrons. The third-order valence-corrected chi connectivity index (χ3v) is 2.35. The van der Waals surface area contributed by atoms with Gasteiger partial charge in [0.25, 0.3) is 0 Å². The van der Waals surface area contributed by atoms with Crippen LogP contribution >= 0.6 is 0 Å². The smallest absolute Gasteiger partial charge is 0.0850 e. The first-order chi connectivity index (χ1) is 7.92. The van der Waals surface area contributed by atoms with Gasteiger partial charge in [-0.1, -0.05) is 6.08 Å². The predicted molar refractivity (Wildman–Crippen MR) is 65.4 cm³/mol. The maximum absolute atomic E-state index is 3.87. The van der Waals surface area contributed by atoms with Crippen LogP contribution in [0.15, 0.2) is 54.6 Å². The Hall–Kier alpha value is -0.756. The molecule has 17 heavy (non-hydrogen) atoms. The molecule has 2 heteroatoms. The Balaban J connectivity index is 0.00000144. The molecule has 0 bridgehead atoms. The minimum Gasteiger partial charge on any atom is -0.355 e. The van der Waals surface area contributed by atoms with Gasteiger partial charge < -0.3 is 5.73 Å². The van der Waals surface area contributed by atoms with Crippen molar-refractivity contribution in [2.75, 3.05) is 6.54 Å². The van der Waals surface area contributed by atoms with Crippen molar-refractivity contribution >= 4 is 5.57 Å². The van der Waals surface area contributed by atoms with E-state index in [1.165, 1.54) is 0 Å². The molecule has 3 N–H and O–H groups in total. The SMILES string of the molecule is [NH3+]CC=C(c1[c-]cccc1)c1[c-]cccc1.[Y]. The molecule has 0 heterocycles. The van der Waals surface area contributed by atoms with Crippen molar-refractivity contribution in [3.8, 4) is 0 Å². The van der Waals surface area contributed by atoms with Gasteiger partial charge in [-0.3, -0.25) is 0 Å². The monoisotopic (exact) mass is 297 g/mol. The van der Waals surface area contributed by atoms with Crippen molar-refractivity contribution in [1.82, 2.24) is 0 Å².